The standard InChI is InChI=1S/C14H17ClO2/c15-9-1-3-11(4-2-9)17-6-5-12-13-7-10(16)8-14(12)13/h1-4,10,12-14,16H,5-8H2. The number of benzene rings is 1. The predicted molar refractivity (Wildman–Crippen MR) is 67.3 cm³/mol. The fraction of sp³-hybridized carbons (Fsp3) is 0.571. The van der Waals surface area contributed by atoms with Crippen molar-refractivity contribution in [3.8, 4) is 5.75 Å². The van der Waals surface area contributed by atoms with Crippen molar-refractivity contribution in [1.29, 1.82) is 0 Å². The molecule has 2 aliphatic carbocycles. The number of fused-ring (bicyclic) bond motifs is 1. The second-order valence-corrected chi connectivity index (χ2v) is 5.64. The SMILES string of the molecule is OC1CC2C(CCOc3ccc(Cl)cc3)C2C1. The van der Waals surface area contributed by atoms with Crippen LogP contribution in [0, 0.1) is 17.8 Å². The Morgan fingerprint density at radius 3 is 2.47 bits per heavy atom. The van der Waals surface area contributed by atoms with Gasteiger partial charge in [0.15, 0.2) is 0 Å². The summed E-state index contributed by atoms with van der Waals surface area (Å²) in [6.45, 7) is 0.773. The molecule has 0 saturated heterocycles. The molecular weight excluding hydrogens is 236 g/mol. The van der Waals surface area contributed by atoms with Gasteiger partial charge in [-0.25, -0.2) is 0 Å². The quantitative estimate of drug-likeness (QED) is 0.892. The maximum absolute atomic E-state index is 9.43. The predicted octanol–water partition coefficient (Wildman–Crippen LogP) is 3.13. The van der Waals surface area contributed by atoms with Crippen molar-refractivity contribution >= 4 is 11.6 Å². The van der Waals surface area contributed by atoms with E-state index in [0.717, 1.165) is 54.4 Å². The van der Waals surface area contributed by atoms with Crippen LogP contribution in [-0.2, 0) is 0 Å². The van der Waals surface area contributed by atoms with Gasteiger partial charge in [0.05, 0.1) is 12.7 Å². The molecule has 0 aliphatic heterocycles. The molecule has 3 heteroatoms. The lowest BCUT2D eigenvalue weighted by atomic mass is 10.1. The average molecular weight is 253 g/mol. The largest absolute Gasteiger partial charge is 0.494 e. The van der Waals surface area contributed by atoms with Crippen LogP contribution in [0.15, 0.2) is 24.3 Å². The number of aliphatic hydroxyl groups is 1. The molecule has 0 aromatic heterocycles. The minimum atomic E-state index is -0.0292. The fourth-order valence-corrected chi connectivity index (χ4v) is 3.35. The molecule has 0 spiro atoms. The molecule has 0 bridgehead atoms. The van der Waals surface area contributed by atoms with Gasteiger partial charge in [0.1, 0.15) is 5.75 Å². The van der Waals surface area contributed by atoms with Crippen LogP contribution in [-0.4, -0.2) is 17.8 Å². The van der Waals surface area contributed by atoms with E-state index in [0.29, 0.717) is 0 Å². The summed E-state index contributed by atoms with van der Waals surface area (Å²) in [5.74, 6) is 3.24. The van der Waals surface area contributed by atoms with Gasteiger partial charge in [0.2, 0.25) is 0 Å². The Hall–Kier alpha value is -0.730. The Kier molecular flexibility index (Phi) is 3.01. The summed E-state index contributed by atoms with van der Waals surface area (Å²) in [4.78, 5) is 0. The van der Waals surface area contributed by atoms with Gasteiger partial charge < -0.3 is 9.84 Å². The van der Waals surface area contributed by atoms with E-state index >= 15 is 0 Å². The number of hydrogen-bond donors (Lipinski definition) is 1. The number of rotatable bonds is 4. The smallest absolute Gasteiger partial charge is 0.119 e. The second-order valence-electron chi connectivity index (χ2n) is 5.21. The van der Waals surface area contributed by atoms with E-state index in [4.69, 9.17) is 16.3 Å². The van der Waals surface area contributed by atoms with Crippen LogP contribution in [0.3, 0.4) is 0 Å². The lowest BCUT2D eigenvalue weighted by Gasteiger charge is -2.09. The molecule has 1 N–H and O–H groups in total. The van der Waals surface area contributed by atoms with Crippen LogP contribution >= 0.6 is 11.6 Å². The summed E-state index contributed by atoms with van der Waals surface area (Å²) < 4.78 is 5.68. The third-order valence-corrected chi connectivity index (χ3v) is 4.38. The Morgan fingerprint density at radius 1 is 1.18 bits per heavy atom. The highest BCUT2D eigenvalue weighted by molar-refractivity contribution is 6.30. The first-order chi connectivity index (χ1) is 8.24. The zero-order valence-corrected chi connectivity index (χ0v) is 10.4. The molecule has 1 aromatic rings. The molecular formula is C14H17ClO2. The summed E-state index contributed by atoms with van der Waals surface area (Å²) in [5.41, 5.74) is 0. The van der Waals surface area contributed by atoms with Crippen LogP contribution in [0.1, 0.15) is 19.3 Å². The van der Waals surface area contributed by atoms with Crippen LogP contribution in [0.5, 0.6) is 5.75 Å². The minimum Gasteiger partial charge on any atom is -0.494 e. The van der Waals surface area contributed by atoms with Crippen molar-refractivity contribution in [2.24, 2.45) is 17.8 Å². The third kappa shape index (κ3) is 2.43. The van der Waals surface area contributed by atoms with Gasteiger partial charge >= 0.3 is 0 Å². The lowest BCUT2D eigenvalue weighted by molar-refractivity contribution is 0.157. The van der Waals surface area contributed by atoms with Gasteiger partial charge in [0, 0.05) is 5.02 Å². The van der Waals surface area contributed by atoms with E-state index in [9.17, 15) is 5.11 Å². The highest BCUT2D eigenvalue weighted by atomic mass is 35.5. The lowest BCUT2D eigenvalue weighted by Crippen LogP contribution is -2.07. The van der Waals surface area contributed by atoms with Gasteiger partial charge in [-0.2, -0.15) is 0 Å². The molecule has 2 atom stereocenters. The highest BCUT2D eigenvalue weighted by Crippen LogP contribution is 2.58. The number of hydrogen-bond acceptors (Lipinski definition) is 2. The second kappa shape index (κ2) is 4.51. The van der Waals surface area contributed by atoms with E-state index in [-0.39, 0.29) is 6.10 Å². The van der Waals surface area contributed by atoms with Crippen LogP contribution in [0.4, 0.5) is 0 Å². The van der Waals surface area contributed by atoms with Crippen molar-refractivity contribution < 1.29 is 9.84 Å². The third-order valence-electron chi connectivity index (χ3n) is 4.13. The van der Waals surface area contributed by atoms with E-state index in [2.05, 4.69) is 0 Å². The maximum Gasteiger partial charge on any atom is 0.119 e. The average Bonchev–Trinajstić information content (AvgIpc) is 2.78. The topological polar surface area (TPSA) is 29.5 Å². The van der Waals surface area contributed by atoms with Gasteiger partial charge in [-0.3, -0.25) is 0 Å². The van der Waals surface area contributed by atoms with Gasteiger partial charge in [-0.15, -0.1) is 0 Å². The Labute approximate surface area is 107 Å². The molecule has 3 rings (SSSR count). The Balaban J connectivity index is 1.41. The molecule has 17 heavy (non-hydrogen) atoms. The zero-order chi connectivity index (χ0) is 11.8. The highest BCUT2D eigenvalue weighted by Gasteiger charge is 2.54. The summed E-state index contributed by atoms with van der Waals surface area (Å²) in [6, 6.07) is 7.50. The van der Waals surface area contributed by atoms with E-state index < -0.39 is 0 Å². The van der Waals surface area contributed by atoms with E-state index in [1.807, 2.05) is 24.3 Å². The van der Waals surface area contributed by atoms with Gasteiger partial charge in [-0.1, -0.05) is 11.6 Å². The summed E-state index contributed by atoms with van der Waals surface area (Å²) in [7, 11) is 0. The molecule has 92 valence electrons. The zero-order valence-electron chi connectivity index (χ0n) is 9.68. The Bertz CT molecular complexity index is 378. The van der Waals surface area contributed by atoms with Crippen LogP contribution < -0.4 is 4.74 Å². The number of ether oxygens (including phenoxy) is 1. The first-order valence-electron chi connectivity index (χ1n) is 6.30. The summed E-state index contributed by atoms with van der Waals surface area (Å²) in [6.07, 6.45) is 3.11. The Morgan fingerprint density at radius 2 is 1.82 bits per heavy atom. The fourth-order valence-electron chi connectivity index (χ4n) is 3.22. The molecule has 0 amide bonds. The van der Waals surface area contributed by atoms with Crippen LogP contribution in [0.25, 0.3) is 0 Å². The van der Waals surface area contributed by atoms with Crippen molar-refractivity contribution in [3.63, 3.8) is 0 Å². The first-order valence-corrected chi connectivity index (χ1v) is 6.68. The van der Waals surface area contributed by atoms with Crippen molar-refractivity contribution in [2.45, 2.75) is 25.4 Å². The molecule has 2 saturated carbocycles. The monoisotopic (exact) mass is 252 g/mol. The van der Waals surface area contributed by atoms with Gasteiger partial charge in [0.25, 0.3) is 0 Å². The molecule has 0 radical (unpaired) electrons. The van der Waals surface area contributed by atoms with Crippen molar-refractivity contribution in [2.75, 3.05) is 6.61 Å². The molecule has 2 nitrogen and oxygen atoms in total. The number of halogens is 1. The molecule has 2 aliphatic rings. The molecule has 2 fully saturated rings. The van der Waals surface area contributed by atoms with Gasteiger partial charge in [-0.05, 0) is 61.3 Å². The minimum absolute atomic E-state index is 0.0292. The van der Waals surface area contributed by atoms with Crippen molar-refractivity contribution in [3.05, 3.63) is 29.3 Å². The summed E-state index contributed by atoms with van der Waals surface area (Å²) in [5, 5.41) is 10.2. The van der Waals surface area contributed by atoms with E-state index in [1.165, 1.54) is 0 Å². The normalized spacial score (nSPS) is 34.5. The number of aliphatic hydroxyl groups excluding tert-OH is 1. The van der Waals surface area contributed by atoms with Crippen molar-refractivity contribution in [1.82, 2.24) is 0 Å². The summed E-state index contributed by atoms with van der Waals surface area (Å²) >= 11 is 5.81. The van der Waals surface area contributed by atoms with E-state index in [1.54, 1.807) is 0 Å². The molecule has 1 aromatic carbocycles. The molecule has 0 heterocycles. The first kappa shape index (κ1) is 11.4. The van der Waals surface area contributed by atoms with Crippen LogP contribution in [0.2, 0.25) is 5.02 Å². The maximum atomic E-state index is 9.43. The molecule has 2 unspecified atom stereocenters.